The average Bonchev–Trinajstić information content (AvgIpc) is 3.02. The number of rotatable bonds is 2. The molecule has 0 spiro atoms. The molecule has 4 rings (SSSR count). The Bertz CT molecular complexity index is 879. The number of nitrogens with zero attached hydrogens (tertiary/aromatic N) is 3. The molecule has 0 fully saturated rings. The van der Waals surface area contributed by atoms with Gasteiger partial charge in [-0.05, 0) is 51.2 Å². The van der Waals surface area contributed by atoms with Crippen LogP contribution in [0.15, 0.2) is 41.1 Å². The highest BCUT2D eigenvalue weighted by atomic mass is 79.9. The lowest BCUT2D eigenvalue weighted by molar-refractivity contribution is 1.04. The second-order valence-electron chi connectivity index (χ2n) is 4.54. The van der Waals surface area contributed by atoms with E-state index in [9.17, 15) is 0 Å². The minimum atomic E-state index is 0.766. The quantitative estimate of drug-likeness (QED) is 0.599. The number of pyridine rings is 1. The number of hydrogen-bond acceptors (Lipinski definition) is 4. The first-order chi connectivity index (χ1) is 9.79. The number of aromatic nitrogens is 4. The van der Waals surface area contributed by atoms with Gasteiger partial charge in [-0.25, -0.2) is 9.97 Å². The second kappa shape index (κ2) is 4.64. The van der Waals surface area contributed by atoms with Gasteiger partial charge in [0.05, 0.1) is 10.2 Å². The molecule has 4 aromatic rings. The number of fused-ring (bicyclic) bond motifs is 2. The number of benzene rings is 1. The largest absolute Gasteiger partial charge is 0.340 e. The highest BCUT2D eigenvalue weighted by Gasteiger charge is 2.07. The van der Waals surface area contributed by atoms with E-state index in [0.717, 1.165) is 33.4 Å². The number of halogens is 1. The Balaban J connectivity index is 1.72. The van der Waals surface area contributed by atoms with Gasteiger partial charge in [-0.2, -0.15) is 4.37 Å². The third-order valence-corrected chi connectivity index (χ3v) is 4.82. The summed E-state index contributed by atoms with van der Waals surface area (Å²) in [6.07, 6.45) is 2.52. The van der Waals surface area contributed by atoms with Crippen molar-refractivity contribution < 1.29 is 0 Å². The fourth-order valence-electron chi connectivity index (χ4n) is 2.23. The van der Waals surface area contributed by atoms with Crippen molar-refractivity contribution in [3.05, 3.63) is 52.5 Å². The first kappa shape index (κ1) is 12.0. The molecule has 1 aromatic carbocycles. The van der Waals surface area contributed by atoms with Gasteiger partial charge < -0.3 is 4.98 Å². The van der Waals surface area contributed by atoms with Crippen LogP contribution < -0.4 is 0 Å². The molecule has 0 radical (unpaired) electrons. The van der Waals surface area contributed by atoms with Gasteiger partial charge in [0.2, 0.25) is 0 Å². The van der Waals surface area contributed by atoms with E-state index in [1.165, 1.54) is 21.8 Å². The molecule has 98 valence electrons. The SMILES string of the molecule is Brc1nsc2cc(Cc3nc4ncccc4[nH]3)ccc12. The Morgan fingerprint density at radius 1 is 1.25 bits per heavy atom. The molecule has 3 heterocycles. The maximum Gasteiger partial charge on any atom is 0.177 e. The molecule has 0 amide bonds. The van der Waals surface area contributed by atoms with E-state index in [-0.39, 0.29) is 0 Å². The fraction of sp³-hybridized carbons (Fsp3) is 0.0714. The zero-order valence-corrected chi connectivity index (χ0v) is 12.7. The van der Waals surface area contributed by atoms with Gasteiger partial charge in [-0.1, -0.05) is 12.1 Å². The van der Waals surface area contributed by atoms with Crippen LogP contribution in [0.2, 0.25) is 0 Å². The maximum absolute atomic E-state index is 4.51. The minimum absolute atomic E-state index is 0.766. The first-order valence-corrected chi connectivity index (χ1v) is 7.70. The van der Waals surface area contributed by atoms with Gasteiger partial charge in [-0.15, -0.1) is 0 Å². The molecule has 20 heavy (non-hydrogen) atoms. The van der Waals surface area contributed by atoms with E-state index >= 15 is 0 Å². The Morgan fingerprint density at radius 2 is 2.20 bits per heavy atom. The predicted molar refractivity (Wildman–Crippen MR) is 84.0 cm³/mol. The molecular formula is C14H9BrN4S. The van der Waals surface area contributed by atoms with Crippen LogP contribution in [0, 0.1) is 0 Å². The minimum Gasteiger partial charge on any atom is -0.340 e. The number of imidazole rings is 1. The van der Waals surface area contributed by atoms with E-state index in [4.69, 9.17) is 0 Å². The van der Waals surface area contributed by atoms with Crippen molar-refractivity contribution in [2.45, 2.75) is 6.42 Å². The van der Waals surface area contributed by atoms with Gasteiger partial charge in [-0.3, -0.25) is 0 Å². The van der Waals surface area contributed by atoms with Gasteiger partial charge in [0, 0.05) is 18.0 Å². The van der Waals surface area contributed by atoms with E-state index < -0.39 is 0 Å². The Kier molecular flexibility index (Phi) is 2.78. The van der Waals surface area contributed by atoms with Gasteiger partial charge in [0.25, 0.3) is 0 Å². The van der Waals surface area contributed by atoms with Crippen LogP contribution in [0.1, 0.15) is 11.4 Å². The Morgan fingerprint density at radius 3 is 3.10 bits per heavy atom. The molecule has 1 N–H and O–H groups in total. The monoisotopic (exact) mass is 344 g/mol. The topological polar surface area (TPSA) is 54.5 Å². The summed E-state index contributed by atoms with van der Waals surface area (Å²) in [6.45, 7) is 0. The predicted octanol–water partition coefficient (Wildman–Crippen LogP) is 3.92. The van der Waals surface area contributed by atoms with E-state index in [0.29, 0.717) is 0 Å². The molecule has 0 unspecified atom stereocenters. The van der Waals surface area contributed by atoms with Crippen LogP contribution in [-0.4, -0.2) is 19.3 Å². The van der Waals surface area contributed by atoms with Crippen LogP contribution in [0.5, 0.6) is 0 Å². The van der Waals surface area contributed by atoms with E-state index in [1.54, 1.807) is 6.20 Å². The molecule has 3 aromatic heterocycles. The van der Waals surface area contributed by atoms with E-state index in [1.807, 2.05) is 12.1 Å². The van der Waals surface area contributed by atoms with Gasteiger partial charge >= 0.3 is 0 Å². The van der Waals surface area contributed by atoms with Crippen molar-refractivity contribution in [2.75, 3.05) is 0 Å². The zero-order valence-electron chi connectivity index (χ0n) is 10.3. The Labute approximate surface area is 127 Å². The molecular weight excluding hydrogens is 336 g/mol. The summed E-state index contributed by atoms with van der Waals surface area (Å²) in [7, 11) is 0. The van der Waals surface area contributed by atoms with Crippen LogP contribution in [-0.2, 0) is 6.42 Å². The highest BCUT2D eigenvalue weighted by Crippen LogP contribution is 2.28. The molecule has 6 heteroatoms. The van der Waals surface area contributed by atoms with Crippen molar-refractivity contribution in [2.24, 2.45) is 0 Å². The summed E-state index contributed by atoms with van der Waals surface area (Å²) in [5.74, 6) is 0.932. The van der Waals surface area contributed by atoms with E-state index in [2.05, 4.69) is 53.5 Å². The fourth-order valence-corrected chi connectivity index (χ4v) is 3.67. The lowest BCUT2D eigenvalue weighted by atomic mass is 10.1. The normalized spacial score (nSPS) is 11.4. The summed E-state index contributed by atoms with van der Waals surface area (Å²) in [5, 5.41) is 1.16. The molecule has 0 aliphatic heterocycles. The number of aromatic amines is 1. The number of nitrogens with one attached hydrogen (secondary N) is 1. The van der Waals surface area contributed by atoms with Crippen molar-refractivity contribution >= 4 is 48.7 Å². The number of hydrogen-bond donors (Lipinski definition) is 1. The van der Waals surface area contributed by atoms with Crippen LogP contribution in [0.3, 0.4) is 0 Å². The Hall–Kier alpha value is -1.79. The van der Waals surface area contributed by atoms with Crippen LogP contribution in [0.4, 0.5) is 0 Å². The summed E-state index contributed by atoms with van der Waals surface area (Å²) in [4.78, 5) is 12.0. The van der Waals surface area contributed by atoms with Gasteiger partial charge in [0.1, 0.15) is 10.4 Å². The van der Waals surface area contributed by atoms with Crippen LogP contribution in [0.25, 0.3) is 21.3 Å². The summed E-state index contributed by atoms with van der Waals surface area (Å²) in [5.41, 5.74) is 2.96. The smallest absolute Gasteiger partial charge is 0.177 e. The second-order valence-corrected chi connectivity index (χ2v) is 6.09. The summed E-state index contributed by atoms with van der Waals surface area (Å²) < 4.78 is 6.40. The standard InChI is InChI=1S/C14H9BrN4S/c15-13-9-4-3-8(6-11(9)20-19-13)7-12-17-10-2-1-5-16-14(10)18-12/h1-6H,7H2,(H,16,17,18). The average molecular weight is 345 g/mol. The molecule has 0 bridgehead atoms. The lowest BCUT2D eigenvalue weighted by Gasteiger charge is -1.98. The van der Waals surface area contributed by atoms with Crippen molar-refractivity contribution in [3.8, 4) is 0 Å². The molecule has 0 saturated carbocycles. The zero-order chi connectivity index (χ0) is 13.5. The lowest BCUT2D eigenvalue weighted by Crippen LogP contribution is -1.90. The summed E-state index contributed by atoms with van der Waals surface area (Å²) >= 11 is 4.96. The molecule has 4 nitrogen and oxygen atoms in total. The third kappa shape index (κ3) is 2.01. The van der Waals surface area contributed by atoms with Crippen molar-refractivity contribution in [3.63, 3.8) is 0 Å². The molecule has 0 aliphatic carbocycles. The third-order valence-electron chi connectivity index (χ3n) is 3.17. The van der Waals surface area contributed by atoms with Crippen molar-refractivity contribution in [1.29, 1.82) is 0 Å². The van der Waals surface area contributed by atoms with Crippen molar-refractivity contribution in [1.82, 2.24) is 19.3 Å². The van der Waals surface area contributed by atoms with Gasteiger partial charge in [0.15, 0.2) is 5.65 Å². The summed E-state index contributed by atoms with van der Waals surface area (Å²) in [6, 6.07) is 10.3. The molecule has 0 aliphatic rings. The van der Waals surface area contributed by atoms with Crippen LogP contribution >= 0.6 is 27.5 Å². The maximum atomic E-state index is 4.51. The first-order valence-electron chi connectivity index (χ1n) is 6.13. The number of H-pyrrole nitrogens is 1. The molecule has 0 saturated heterocycles. The highest BCUT2D eigenvalue weighted by molar-refractivity contribution is 9.10. The molecule has 0 atom stereocenters.